The fourth-order valence-electron chi connectivity index (χ4n) is 5.93. The molecule has 3 aliphatic heterocycles. The summed E-state index contributed by atoms with van der Waals surface area (Å²) in [6, 6.07) is 0. The Balaban J connectivity index is 1.64. The van der Waals surface area contributed by atoms with E-state index in [1.807, 2.05) is 0 Å². The van der Waals surface area contributed by atoms with Crippen LogP contribution in [0.1, 0.15) is 62.3 Å². The number of hydrogen-bond acceptors (Lipinski definition) is 7. The van der Waals surface area contributed by atoms with E-state index in [1.165, 1.54) is 0 Å². The molecule has 3 aliphatic rings. The molecule has 0 aliphatic carbocycles. The van der Waals surface area contributed by atoms with Crippen molar-refractivity contribution in [2.75, 3.05) is 14.2 Å². The van der Waals surface area contributed by atoms with Gasteiger partial charge in [-0.3, -0.25) is 0 Å². The van der Waals surface area contributed by atoms with Crippen LogP contribution in [-0.4, -0.2) is 69.7 Å². The zero-order valence-electron chi connectivity index (χ0n) is 22.5. The third-order valence-corrected chi connectivity index (χ3v) is 8.85. The van der Waals surface area contributed by atoms with Gasteiger partial charge >= 0.3 is 0 Å². The monoisotopic (exact) mass is 472 g/mol. The average Bonchev–Trinajstić information content (AvgIpc) is 2.78. The second-order valence-electron chi connectivity index (χ2n) is 10.9. The van der Waals surface area contributed by atoms with Crippen molar-refractivity contribution in [3.63, 3.8) is 0 Å². The van der Waals surface area contributed by atoms with Crippen LogP contribution in [0.25, 0.3) is 0 Å². The van der Waals surface area contributed by atoms with Crippen LogP contribution in [0.4, 0.5) is 0 Å². The number of hydrogen-bond donors (Lipinski definition) is 0. The Bertz CT molecular complexity index is 617. The molecule has 33 heavy (non-hydrogen) atoms. The van der Waals surface area contributed by atoms with E-state index in [2.05, 4.69) is 62.3 Å². The van der Waals surface area contributed by atoms with E-state index >= 15 is 0 Å². The maximum atomic E-state index is 6.60. The molecule has 3 heterocycles. The minimum Gasteiger partial charge on any atom is -0.378 e. The number of methoxy groups -OCH3 is 2. The molecular formula is C26H48O7. The molecule has 0 radical (unpaired) electrons. The molecule has 15 atom stereocenters. The van der Waals surface area contributed by atoms with Crippen LogP contribution in [0.15, 0.2) is 0 Å². The Morgan fingerprint density at radius 1 is 0.394 bits per heavy atom. The summed E-state index contributed by atoms with van der Waals surface area (Å²) in [6.07, 6.45) is -1.01. The predicted octanol–water partition coefficient (Wildman–Crippen LogP) is 4.47. The summed E-state index contributed by atoms with van der Waals surface area (Å²) in [5.41, 5.74) is 0. The van der Waals surface area contributed by atoms with Gasteiger partial charge in [-0.15, -0.1) is 0 Å². The van der Waals surface area contributed by atoms with E-state index in [0.29, 0.717) is 11.8 Å². The molecule has 3 saturated heterocycles. The van der Waals surface area contributed by atoms with Crippen LogP contribution in [0.5, 0.6) is 0 Å². The van der Waals surface area contributed by atoms with Gasteiger partial charge in [0.2, 0.25) is 0 Å². The average molecular weight is 473 g/mol. The van der Waals surface area contributed by atoms with Gasteiger partial charge in [0.05, 0.1) is 36.6 Å². The lowest BCUT2D eigenvalue weighted by atomic mass is 9.82. The number of ether oxygens (including phenoxy) is 7. The Labute approximate surface area is 201 Å². The second kappa shape index (κ2) is 11.2. The molecule has 15 unspecified atom stereocenters. The van der Waals surface area contributed by atoms with E-state index in [1.54, 1.807) is 14.2 Å². The van der Waals surface area contributed by atoms with Gasteiger partial charge in [-0.2, -0.15) is 0 Å². The topological polar surface area (TPSA) is 64.6 Å². The first-order valence-electron chi connectivity index (χ1n) is 12.8. The highest BCUT2D eigenvalue weighted by atomic mass is 16.7. The van der Waals surface area contributed by atoms with Crippen molar-refractivity contribution in [1.82, 2.24) is 0 Å². The van der Waals surface area contributed by atoms with E-state index in [0.717, 1.165) is 0 Å². The summed E-state index contributed by atoms with van der Waals surface area (Å²) in [5.74, 6) is 1.53. The second-order valence-corrected chi connectivity index (χ2v) is 10.9. The minimum absolute atomic E-state index is 0.0120. The van der Waals surface area contributed by atoms with Crippen LogP contribution in [0, 0.1) is 35.5 Å². The van der Waals surface area contributed by atoms with Crippen LogP contribution in [0.2, 0.25) is 0 Å². The summed E-state index contributed by atoms with van der Waals surface area (Å²) < 4.78 is 43.1. The third kappa shape index (κ3) is 5.45. The quantitative estimate of drug-likeness (QED) is 0.565. The van der Waals surface area contributed by atoms with Gasteiger partial charge < -0.3 is 33.2 Å². The van der Waals surface area contributed by atoms with Crippen LogP contribution in [0.3, 0.4) is 0 Å². The molecule has 0 saturated carbocycles. The van der Waals surface area contributed by atoms with E-state index in [4.69, 9.17) is 33.2 Å². The zero-order valence-corrected chi connectivity index (χ0v) is 22.5. The van der Waals surface area contributed by atoms with Crippen molar-refractivity contribution in [2.45, 2.75) is 118 Å². The molecule has 3 rings (SSSR count). The molecule has 0 aromatic rings. The van der Waals surface area contributed by atoms with Gasteiger partial charge in [0, 0.05) is 32.0 Å². The van der Waals surface area contributed by atoms with Crippen molar-refractivity contribution in [1.29, 1.82) is 0 Å². The van der Waals surface area contributed by atoms with Gasteiger partial charge in [0.15, 0.2) is 18.9 Å². The molecule has 0 amide bonds. The Kier molecular flexibility index (Phi) is 9.26. The third-order valence-electron chi connectivity index (χ3n) is 8.85. The fourth-order valence-corrected chi connectivity index (χ4v) is 5.93. The maximum Gasteiger partial charge on any atom is 0.161 e. The van der Waals surface area contributed by atoms with E-state index < -0.39 is 0 Å². The smallest absolute Gasteiger partial charge is 0.161 e. The minimum atomic E-state index is -0.305. The van der Waals surface area contributed by atoms with E-state index in [9.17, 15) is 0 Å². The summed E-state index contributed by atoms with van der Waals surface area (Å²) in [6.45, 7) is 19.4. The normalized spacial score (nSPS) is 53.7. The highest BCUT2D eigenvalue weighted by Gasteiger charge is 2.48. The molecule has 0 N–H and O–H groups in total. The Morgan fingerprint density at radius 2 is 0.727 bits per heavy atom. The van der Waals surface area contributed by atoms with Gasteiger partial charge in [0.1, 0.15) is 0 Å². The van der Waals surface area contributed by atoms with Crippen molar-refractivity contribution in [3.05, 3.63) is 0 Å². The van der Waals surface area contributed by atoms with Gasteiger partial charge in [-0.1, -0.05) is 41.5 Å². The molecule has 7 heteroatoms. The lowest BCUT2D eigenvalue weighted by molar-refractivity contribution is -0.345. The Morgan fingerprint density at radius 3 is 1.12 bits per heavy atom. The Hall–Kier alpha value is -0.280. The van der Waals surface area contributed by atoms with Gasteiger partial charge in [-0.05, 0) is 38.5 Å². The lowest BCUT2D eigenvalue weighted by Gasteiger charge is -2.50. The highest BCUT2D eigenvalue weighted by molar-refractivity contribution is 4.90. The van der Waals surface area contributed by atoms with Crippen LogP contribution in [-0.2, 0) is 33.2 Å². The first-order valence-corrected chi connectivity index (χ1v) is 12.8. The van der Waals surface area contributed by atoms with Gasteiger partial charge in [-0.25, -0.2) is 0 Å². The van der Waals surface area contributed by atoms with Crippen molar-refractivity contribution in [3.8, 4) is 0 Å². The summed E-state index contributed by atoms with van der Waals surface area (Å²) in [7, 11) is 3.45. The van der Waals surface area contributed by atoms with Crippen molar-refractivity contribution in [2.24, 2.45) is 35.5 Å². The maximum absolute atomic E-state index is 6.60. The molecule has 0 aromatic heterocycles. The van der Waals surface area contributed by atoms with E-state index in [-0.39, 0.29) is 79.2 Å². The SMILES string of the molecule is COC1OC(C)C(OC2OC(C)C(OC3OC(C)C(OC)C(C)C3C)C(C)C2C)C(C)C1C. The summed E-state index contributed by atoms with van der Waals surface area (Å²) >= 11 is 0. The predicted molar refractivity (Wildman–Crippen MR) is 126 cm³/mol. The van der Waals surface area contributed by atoms with Crippen LogP contribution < -0.4 is 0 Å². The van der Waals surface area contributed by atoms with Gasteiger partial charge in [0.25, 0.3) is 0 Å². The largest absolute Gasteiger partial charge is 0.378 e. The first kappa shape index (κ1) is 27.3. The molecule has 0 aromatic carbocycles. The molecule has 7 nitrogen and oxygen atoms in total. The molecule has 0 spiro atoms. The summed E-state index contributed by atoms with van der Waals surface area (Å²) in [5, 5.41) is 0. The van der Waals surface area contributed by atoms with Crippen LogP contribution >= 0.6 is 0 Å². The molecular weight excluding hydrogens is 424 g/mol. The zero-order chi connectivity index (χ0) is 24.6. The molecule has 0 bridgehead atoms. The van der Waals surface area contributed by atoms with Crippen molar-refractivity contribution < 1.29 is 33.2 Å². The standard InChI is InChI=1S/C26H48O7/c1-12-16(5)25(30-18(7)21(12)27-10)33-23-14(3)17(6)26(31-20(23)9)32-22-13(2)15(4)24(28-11)29-19(22)8/h12-26H,1-11H3. The lowest BCUT2D eigenvalue weighted by Crippen LogP contribution is -2.57. The highest BCUT2D eigenvalue weighted by Crippen LogP contribution is 2.40. The molecule has 194 valence electrons. The molecule has 3 fully saturated rings. The number of rotatable bonds is 6. The fraction of sp³-hybridized carbons (Fsp3) is 1.00. The van der Waals surface area contributed by atoms with Crippen molar-refractivity contribution >= 4 is 0 Å². The first-order chi connectivity index (χ1) is 15.5. The summed E-state index contributed by atoms with van der Waals surface area (Å²) in [4.78, 5) is 0.